The highest BCUT2D eigenvalue weighted by atomic mass is 16.1. The number of rotatable bonds is 4. The smallest absolute Gasteiger partial charge is 0.202 e. The van der Waals surface area contributed by atoms with Crippen LogP contribution >= 0.6 is 0 Å². The van der Waals surface area contributed by atoms with E-state index in [1.807, 2.05) is 35.9 Å². The lowest BCUT2D eigenvalue weighted by Crippen LogP contribution is -2.11. The molecule has 0 aliphatic heterocycles. The molecule has 2 aromatic carbocycles. The van der Waals surface area contributed by atoms with Crippen molar-refractivity contribution in [2.75, 3.05) is 0 Å². The number of Topliss-reactive ketones (excluding diaryl/α,β-unsaturated/α-hetero) is 1. The van der Waals surface area contributed by atoms with Gasteiger partial charge in [-0.25, -0.2) is 4.98 Å². The first-order chi connectivity index (χ1) is 9.78. The van der Waals surface area contributed by atoms with Crippen molar-refractivity contribution in [1.82, 2.24) is 9.55 Å². The number of nitrogens with zero attached hydrogens (tertiary/aromatic N) is 2. The summed E-state index contributed by atoms with van der Waals surface area (Å²) >= 11 is 0. The van der Waals surface area contributed by atoms with Crippen LogP contribution in [-0.2, 0) is 13.0 Å². The maximum atomic E-state index is 12.3. The molecule has 1 aromatic heterocycles. The van der Waals surface area contributed by atoms with Crippen LogP contribution in [0.2, 0.25) is 0 Å². The molecule has 100 valence electrons. The van der Waals surface area contributed by atoms with Crippen LogP contribution in [0, 0.1) is 0 Å². The molecule has 3 heteroatoms. The van der Waals surface area contributed by atoms with Gasteiger partial charge in [0.1, 0.15) is 0 Å². The number of carbonyl (C=O) groups excluding carboxylic acids is 1. The van der Waals surface area contributed by atoms with E-state index in [2.05, 4.69) is 29.2 Å². The molecule has 0 amide bonds. The highest BCUT2D eigenvalue weighted by Crippen LogP contribution is 2.17. The molecular weight excluding hydrogens is 248 g/mol. The second-order valence-corrected chi connectivity index (χ2v) is 4.82. The summed E-state index contributed by atoms with van der Waals surface area (Å²) in [6.07, 6.45) is 3.91. The number of imidazole rings is 1. The summed E-state index contributed by atoms with van der Waals surface area (Å²) < 4.78 is 1.88. The molecule has 0 spiro atoms. The third kappa shape index (κ3) is 2.35. The number of benzene rings is 2. The summed E-state index contributed by atoms with van der Waals surface area (Å²) in [5.41, 5.74) is 1.03. The number of ketones is 1. The molecule has 0 aliphatic carbocycles. The van der Waals surface area contributed by atoms with Crippen molar-refractivity contribution in [1.29, 1.82) is 0 Å². The minimum Gasteiger partial charge on any atom is -0.329 e. The first-order valence-electron chi connectivity index (χ1n) is 6.80. The Morgan fingerprint density at radius 2 is 1.95 bits per heavy atom. The first kappa shape index (κ1) is 12.6. The summed E-state index contributed by atoms with van der Waals surface area (Å²) in [4.78, 5) is 16.5. The van der Waals surface area contributed by atoms with Crippen LogP contribution in [0.5, 0.6) is 0 Å². The lowest BCUT2D eigenvalue weighted by Gasteiger charge is -2.05. The normalized spacial score (nSPS) is 10.8. The van der Waals surface area contributed by atoms with E-state index in [-0.39, 0.29) is 5.78 Å². The number of carbonyl (C=O) groups is 1. The standard InChI is InChI=1S/C17H16N2O/c1-2-19-10-9-18-17(19)16(20)12-13-7-8-14-5-3-4-6-15(14)11-13/h3-11H,2,12H2,1H3. The zero-order chi connectivity index (χ0) is 13.9. The summed E-state index contributed by atoms with van der Waals surface area (Å²) in [6, 6.07) is 14.3. The number of aromatic nitrogens is 2. The van der Waals surface area contributed by atoms with Gasteiger partial charge >= 0.3 is 0 Å². The van der Waals surface area contributed by atoms with Gasteiger partial charge in [-0.15, -0.1) is 0 Å². The average molecular weight is 264 g/mol. The van der Waals surface area contributed by atoms with Crippen molar-refractivity contribution >= 4 is 16.6 Å². The quantitative estimate of drug-likeness (QED) is 0.676. The van der Waals surface area contributed by atoms with Crippen LogP contribution in [0.4, 0.5) is 0 Å². The first-order valence-corrected chi connectivity index (χ1v) is 6.80. The Kier molecular flexibility index (Phi) is 3.33. The van der Waals surface area contributed by atoms with E-state index in [0.717, 1.165) is 17.5 Å². The molecule has 20 heavy (non-hydrogen) atoms. The summed E-state index contributed by atoms with van der Waals surface area (Å²) in [5, 5.41) is 2.36. The van der Waals surface area contributed by atoms with Gasteiger partial charge in [0, 0.05) is 25.4 Å². The third-order valence-corrected chi connectivity index (χ3v) is 3.48. The van der Waals surface area contributed by atoms with E-state index in [1.54, 1.807) is 6.20 Å². The van der Waals surface area contributed by atoms with E-state index in [0.29, 0.717) is 12.2 Å². The van der Waals surface area contributed by atoms with Crippen LogP contribution < -0.4 is 0 Å². The number of fused-ring (bicyclic) bond motifs is 1. The van der Waals surface area contributed by atoms with Crippen LogP contribution in [0.3, 0.4) is 0 Å². The third-order valence-electron chi connectivity index (χ3n) is 3.48. The zero-order valence-electron chi connectivity index (χ0n) is 11.4. The van der Waals surface area contributed by atoms with Crippen molar-refractivity contribution in [2.45, 2.75) is 19.9 Å². The molecule has 1 heterocycles. The van der Waals surface area contributed by atoms with Gasteiger partial charge in [-0.2, -0.15) is 0 Å². The second-order valence-electron chi connectivity index (χ2n) is 4.82. The largest absolute Gasteiger partial charge is 0.329 e. The highest BCUT2D eigenvalue weighted by Gasteiger charge is 2.12. The second kappa shape index (κ2) is 5.29. The Bertz CT molecular complexity index is 758. The SMILES string of the molecule is CCn1ccnc1C(=O)Cc1ccc2ccccc2c1. The Hall–Kier alpha value is -2.42. The molecular formula is C17H16N2O. The van der Waals surface area contributed by atoms with Crippen LogP contribution in [0.1, 0.15) is 23.1 Å². The summed E-state index contributed by atoms with van der Waals surface area (Å²) in [5.74, 6) is 0.604. The number of hydrogen-bond donors (Lipinski definition) is 0. The molecule has 0 fully saturated rings. The molecule has 3 rings (SSSR count). The minimum atomic E-state index is 0.0622. The number of hydrogen-bond acceptors (Lipinski definition) is 2. The molecule has 0 aliphatic rings. The Morgan fingerprint density at radius 1 is 1.15 bits per heavy atom. The molecule has 0 atom stereocenters. The fourth-order valence-corrected chi connectivity index (χ4v) is 2.43. The van der Waals surface area contributed by atoms with Gasteiger partial charge in [-0.1, -0.05) is 42.5 Å². The molecule has 0 saturated heterocycles. The van der Waals surface area contributed by atoms with Crippen LogP contribution in [-0.4, -0.2) is 15.3 Å². The maximum absolute atomic E-state index is 12.3. The molecule has 0 saturated carbocycles. The summed E-state index contributed by atoms with van der Waals surface area (Å²) in [6.45, 7) is 2.77. The lowest BCUT2D eigenvalue weighted by molar-refractivity contribution is 0.0979. The van der Waals surface area contributed by atoms with Crippen molar-refractivity contribution < 1.29 is 4.79 Å². The van der Waals surface area contributed by atoms with Gasteiger partial charge in [0.25, 0.3) is 0 Å². The molecule has 3 aromatic rings. The molecule has 0 unspecified atom stereocenters. The molecule has 0 N–H and O–H groups in total. The lowest BCUT2D eigenvalue weighted by atomic mass is 10.0. The predicted octanol–water partition coefficient (Wildman–Crippen LogP) is 3.48. The van der Waals surface area contributed by atoms with E-state index in [9.17, 15) is 4.79 Å². The van der Waals surface area contributed by atoms with Gasteiger partial charge in [0.2, 0.25) is 5.78 Å². The van der Waals surface area contributed by atoms with E-state index < -0.39 is 0 Å². The Labute approximate surface area is 117 Å². The van der Waals surface area contributed by atoms with E-state index >= 15 is 0 Å². The van der Waals surface area contributed by atoms with Gasteiger partial charge < -0.3 is 4.57 Å². The van der Waals surface area contributed by atoms with Crippen molar-refractivity contribution in [3.05, 3.63) is 66.2 Å². The molecule has 0 bridgehead atoms. The fraction of sp³-hybridized carbons (Fsp3) is 0.176. The zero-order valence-corrected chi connectivity index (χ0v) is 11.4. The van der Waals surface area contributed by atoms with E-state index in [4.69, 9.17) is 0 Å². The topological polar surface area (TPSA) is 34.9 Å². The Morgan fingerprint density at radius 3 is 2.75 bits per heavy atom. The predicted molar refractivity (Wildman–Crippen MR) is 79.9 cm³/mol. The monoisotopic (exact) mass is 264 g/mol. The number of aryl methyl sites for hydroxylation is 1. The van der Waals surface area contributed by atoms with Crippen molar-refractivity contribution in [3.8, 4) is 0 Å². The van der Waals surface area contributed by atoms with E-state index in [1.165, 1.54) is 5.39 Å². The van der Waals surface area contributed by atoms with Crippen LogP contribution in [0.25, 0.3) is 10.8 Å². The highest BCUT2D eigenvalue weighted by molar-refractivity contribution is 5.95. The van der Waals surface area contributed by atoms with Gasteiger partial charge in [0.15, 0.2) is 5.82 Å². The fourth-order valence-electron chi connectivity index (χ4n) is 2.43. The van der Waals surface area contributed by atoms with Gasteiger partial charge in [-0.3, -0.25) is 4.79 Å². The summed E-state index contributed by atoms with van der Waals surface area (Å²) in [7, 11) is 0. The van der Waals surface area contributed by atoms with Gasteiger partial charge in [-0.05, 0) is 23.3 Å². The molecule has 3 nitrogen and oxygen atoms in total. The average Bonchev–Trinajstić information content (AvgIpc) is 2.95. The molecule has 0 radical (unpaired) electrons. The van der Waals surface area contributed by atoms with Gasteiger partial charge in [0.05, 0.1) is 0 Å². The Balaban J connectivity index is 1.87. The van der Waals surface area contributed by atoms with Crippen molar-refractivity contribution in [2.24, 2.45) is 0 Å². The minimum absolute atomic E-state index is 0.0622. The maximum Gasteiger partial charge on any atom is 0.202 e. The van der Waals surface area contributed by atoms with Crippen LogP contribution in [0.15, 0.2) is 54.9 Å². The van der Waals surface area contributed by atoms with Crippen molar-refractivity contribution in [3.63, 3.8) is 0 Å².